The number of rotatable bonds is 9. The molecule has 0 radical (unpaired) electrons. The Hall–Kier alpha value is -2.36. The zero-order valence-electron chi connectivity index (χ0n) is 18.0. The topological polar surface area (TPSA) is 87.6 Å². The number of nitrogens with zero attached hydrogens (tertiary/aromatic N) is 2. The molecular weight excluding hydrogens is 493 g/mol. The molecular formula is C22H32IN5O2. The number of nitrogens with one attached hydrogen (secondary N) is 3. The quantitative estimate of drug-likeness (QED) is 0.202. The molecule has 0 aliphatic rings. The number of aliphatic imine (C=N–C) groups is 1. The third-order valence-corrected chi connectivity index (χ3v) is 4.17. The van der Waals surface area contributed by atoms with Gasteiger partial charge in [0.05, 0.1) is 18.2 Å². The van der Waals surface area contributed by atoms with Gasteiger partial charge in [0, 0.05) is 32.5 Å². The maximum absolute atomic E-state index is 12.0. The molecule has 0 aliphatic carbocycles. The molecule has 1 heterocycles. The van der Waals surface area contributed by atoms with Crippen molar-refractivity contribution in [3.05, 3.63) is 59.9 Å². The predicted octanol–water partition coefficient (Wildman–Crippen LogP) is 3.39. The first-order valence-corrected chi connectivity index (χ1v) is 9.87. The largest absolute Gasteiger partial charge is 0.493 e. The lowest BCUT2D eigenvalue weighted by Gasteiger charge is -2.19. The van der Waals surface area contributed by atoms with E-state index in [1.807, 2.05) is 12.1 Å². The van der Waals surface area contributed by atoms with Gasteiger partial charge in [-0.1, -0.05) is 26.0 Å². The molecule has 1 aromatic heterocycles. The number of carbonyl (C=O) groups is 1. The van der Waals surface area contributed by atoms with E-state index in [4.69, 9.17) is 4.74 Å². The Labute approximate surface area is 196 Å². The molecule has 1 unspecified atom stereocenters. The molecule has 164 valence electrons. The van der Waals surface area contributed by atoms with E-state index >= 15 is 0 Å². The summed E-state index contributed by atoms with van der Waals surface area (Å²) >= 11 is 0. The Morgan fingerprint density at radius 1 is 1.10 bits per heavy atom. The van der Waals surface area contributed by atoms with Gasteiger partial charge in [0.25, 0.3) is 5.91 Å². The average molecular weight is 525 g/mol. The smallest absolute Gasteiger partial charge is 0.252 e. The Kier molecular flexibility index (Phi) is 11.8. The highest BCUT2D eigenvalue weighted by molar-refractivity contribution is 14.0. The summed E-state index contributed by atoms with van der Waals surface area (Å²) < 4.78 is 5.73. The number of aromatic nitrogens is 1. The third kappa shape index (κ3) is 8.98. The van der Waals surface area contributed by atoms with E-state index in [2.05, 4.69) is 58.8 Å². The number of benzene rings is 1. The van der Waals surface area contributed by atoms with Gasteiger partial charge in [0.15, 0.2) is 5.96 Å². The monoisotopic (exact) mass is 525 g/mol. The number of guanidine groups is 1. The van der Waals surface area contributed by atoms with E-state index in [1.54, 1.807) is 31.6 Å². The fraction of sp³-hybridized carbons (Fsp3) is 0.409. The Bertz CT molecular complexity index is 782. The molecule has 3 N–H and O–H groups in total. The van der Waals surface area contributed by atoms with Crippen LogP contribution in [0.25, 0.3) is 0 Å². The molecule has 2 aromatic rings. The second-order valence-corrected chi connectivity index (χ2v) is 7.14. The molecule has 30 heavy (non-hydrogen) atoms. The van der Waals surface area contributed by atoms with Crippen LogP contribution < -0.4 is 20.7 Å². The van der Waals surface area contributed by atoms with Crippen molar-refractivity contribution >= 4 is 35.8 Å². The van der Waals surface area contributed by atoms with Gasteiger partial charge >= 0.3 is 0 Å². The summed E-state index contributed by atoms with van der Waals surface area (Å²) in [6, 6.07) is 11.6. The van der Waals surface area contributed by atoms with Crippen LogP contribution in [-0.4, -0.2) is 43.6 Å². The lowest BCUT2D eigenvalue weighted by atomic mass is 10.1. The van der Waals surface area contributed by atoms with Crippen molar-refractivity contribution in [3.8, 4) is 5.75 Å². The van der Waals surface area contributed by atoms with E-state index < -0.39 is 0 Å². The average Bonchev–Trinajstić information content (AvgIpc) is 2.75. The van der Waals surface area contributed by atoms with Crippen LogP contribution >= 0.6 is 24.0 Å². The van der Waals surface area contributed by atoms with Crippen molar-refractivity contribution in [2.75, 3.05) is 26.7 Å². The minimum absolute atomic E-state index is 0. The van der Waals surface area contributed by atoms with Gasteiger partial charge in [-0.2, -0.15) is 0 Å². The second kappa shape index (κ2) is 13.8. The molecule has 0 fully saturated rings. The highest BCUT2D eigenvalue weighted by atomic mass is 127. The van der Waals surface area contributed by atoms with Crippen molar-refractivity contribution in [2.24, 2.45) is 10.9 Å². The van der Waals surface area contributed by atoms with Crippen LogP contribution in [0, 0.1) is 5.92 Å². The first-order chi connectivity index (χ1) is 14.0. The fourth-order valence-electron chi connectivity index (χ4n) is 2.55. The highest BCUT2D eigenvalue weighted by Gasteiger charge is 2.09. The lowest BCUT2D eigenvalue weighted by Crippen LogP contribution is -2.42. The standard InChI is InChI=1S/C22H31N5O2.HI/c1-16(2)15-29-20-9-7-18(8-10-20)17(3)27-22(23-4)26-13-12-25-21(28)19-6-5-11-24-14-19;/h5-11,14,16-17H,12-13,15H2,1-4H3,(H,25,28)(H2,23,26,27);1H. The lowest BCUT2D eigenvalue weighted by molar-refractivity contribution is 0.0954. The number of carbonyl (C=O) groups excluding carboxylic acids is 1. The van der Waals surface area contributed by atoms with Gasteiger partial charge in [0.1, 0.15) is 5.75 Å². The number of hydrogen-bond acceptors (Lipinski definition) is 4. The summed E-state index contributed by atoms with van der Waals surface area (Å²) in [6.45, 7) is 8.07. The van der Waals surface area contributed by atoms with Crippen LogP contribution in [0.1, 0.15) is 42.7 Å². The number of halogens is 1. The first-order valence-electron chi connectivity index (χ1n) is 9.87. The summed E-state index contributed by atoms with van der Waals surface area (Å²) in [7, 11) is 1.72. The molecule has 0 aliphatic heterocycles. The third-order valence-electron chi connectivity index (χ3n) is 4.17. The van der Waals surface area contributed by atoms with Crippen molar-refractivity contribution in [1.29, 1.82) is 0 Å². The normalized spacial score (nSPS) is 12.0. The van der Waals surface area contributed by atoms with Crippen LogP contribution in [-0.2, 0) is 0 Å². The van der Waals surface area contributed by atoms with Gasteiger partial charge < -0.3 is 20.7 Å². The molecule has 0 saturated heterocycles. The van der Waals surface area contributed by atoms with Crippen molar-refractivity contribution in [2.45, 2.75) is 26.8 Å². The summed E-state index contributed by atoms with van der Waals surface area (Å²) in [4.78, 5) is 20.2. The maximum Gasteiger partial charge on any atom is 0.252 e. The van der Waals surface area contributed by atoms with E-state index in [0.29, 0.717) is 37.1 Å². The SMILES string of the molecule is CN=C(NCCNC(=O)c1cccnc1)NC(C)c1ccc(OCC(C)C)cc1.I. The Morgan fingerprint density at radius 2 is 1.80 bits per heavy atom. The van der Waals surface area contributed by atoms with Crippen molar-refractivity contribution in [3.63, 3.8) is 0 Å². The first kappa shape index (κ1) is 25.7. The van der Waals surface area contributed by atoms with Crippen LogP contribution in [0.4, 0.5) is 0 Å². The number of ether oxygens (including phenoxy) is 1. The zero-order valence-corrected chi connectivity index (χ0v) is 20.3. The molecule has 0 spiro atoms. The van der Waals surface area contributed by atoms with E-state index in [-0.39, 0.29) is 35.9 Å². The number of pyridine rings is 1. The fourth-order valence-corrected chi connectivity index (χ4v) is 2.55. The molecule has 1 aromatic carbocycles. The van der Waals surface area contributed by atoms with Crippen LogP contribution in [0.5, 0.6) is 5.75 Å². The minimum atomic E-state index is -0.143. The molecule has 0 bridgehead atoms. The molecule has 8 heteroatoms. The van der Waals surface area contributed by atoms with E-state index in [1.165, 1.54) is 0 Å². The predicted molar refractivity (Wildman–Crippen MR) is 132 cm³/mol. The molecule has 1 atom stereocenters. The zero-order chi connectivity index (χ0) is 21.1. The molecule has 0 saturated carbocycles. The Balaban J connectivity index is 0.00000450. The summed E-state index contributed by atoms with van der Waals surface area (Å²) in [5, 5.41) is 9.40. The number of amides is 1. The molecule has 7 nitrogen and oxygen atoms in total. The minimum Gasteiger partial charge on any atom is -0.493 e. The summed E-state index contributed by atoms with van der Waals surface area (Å²) in [5.41, 5.74) is 1.68. The van der Waals surface area contributed by atoms with Gasteiger partial charge in [-0.25, -0.2) is 0 Å². The van der Waals surface area contributed by atoms with Crippen LogP contribution in [0.3, 0.4) is 0 Å². The van der Waals surface area contributed by atoms with Crippen molar-refractivity contribution in [1.82, 2.24) is 20.9 Å². The molecule has 1 amide bonds. The summed E-state index contributed by atoms with van der Waals surface area (Å²) in [5.74, 6) is 1.91. The van der Waals surface area contributed by atoms with E-state index in [0.717, 1.165) is 11.3 Å². The maximum atomic E-state index is 12.0. The Morgan fingerprint density at radius 3 is 2.40 bits per heavy atom. The highest BCUT2D eigenvalue weighted by Crippen LogP contribution is 2.18. The van der Waals surface area contributed by atoms with Gasteiger partial charge in [-0.05, 0) is 42.7 Å². The molecule has 2 rings (SSSR count). The van der Waals surface area contributed by atoms with Gasteiger partial charge in [0.2, 0.25) is 0 Å². The second-order valence-electron chi connectivity index (χ2n) is 7.14. The number of hydrogen-bond donors (Lipinski definition) is 3. The van der Waals surface area contributed by atoms with Gasteiger partial charge in [-0.3, -0.25) is 14.8 Å². The van der Waals surface area contributed by atoms with Gasteiger partial charge in [-0.15, -0.1) is 24.0 Å². The van der Waals surface area contributed by atoms with E-state index in [9.17, 15) is 4.79 Å². The van der Waals surface area contributed by atoms with Crippen LogP contribution in [0.15, 0.2) is 53.8 Å². The van der Waals surface area contributed by atoms with Crippen LogP contribution in [0.2, 0.25) is 0 Å². The van der Waals surface area contributed by atoms with Crippen molar-refractivity contribution < 1.29 is 9.53 Å². The summed E-state index contributed by atoms with van der Waals surface area (Å²) in [6.07, 6.45) is 3.19.